The van der Waals surface area contributed by atoms with Crippen LogP contribution in [0.15, 0.2) is 53.5 Å². The zero-order chi connectivity index (χ0) is 17.9. The molecule has 7 heteroatoms. The molecule has 0 bridgehead atoms. The second kappa shape index (κ2) is 12.5. The van der Waals surface area contributed by atoms with Gasteiger partial charge in [-0.3, -0.25) is 0 Å². The highest BCUT2D eigenvalue weighted by atomic mass is 127. The molecule has 0 aliphatic rings. The predicted octanol–water partition coefficient (Wildman–Crippen LogP) is 2.54. The number of hydrogen-bond acceptors (Lipinski definition) is 4. The third-order valence-electron chi connectivity index (χ3n) is 3.74. The molecule has 0 fully saturated rings. The van der Waals surface area contributed by atoms with E-state index in [0.29, 0.717) is 24.9 Å². The summed E-state index contributed by atoms with van der Waals surface area (Å²) in [6.45, 7) is 3.89. The van der Waals surface area contributed by atoms with Crippen LogP contribution in [-0.4, -0.2) is 42.9 Å². The van der Waals surface area contributed by atoms with Crippen molar-refractivity contribution in [1.29, 1.82) is 0 Å². The molecule has 1 aromatic carbocycles. The highest BCUT2D eigenvalue weighted by Crippen LogP contribution is 2.13. The molecule has 1 atom stereocenters. The SMILES string of the molecule is CCNC(=NCc1cccc(OC)n1)NCC(CO)c1ccccc1.I. The first-order chi connectivity index (χ1) is 12.3. The first kappa shape index (κ1) is 22.2. The average Bonchev–Trinajstić information content (AvgIpc) is 2.67. The van der Waals surface area contributed by atoms with E-state index in [1.807, 2.05) is 55.5 Å². The van der Waals surface area contributed by atoms with Gasteiger partial charge in [-0.2, -0.15) is 0 Å². The van der Waals surface area contributed by atoms with E-state index in [1.165, 1.54) is 0 Å². The fraction of sp³-hybridized carbons (Fsp3) is 0.368. The van der Waals surface area contributed by atoms with Crippen LogP contribution in [0, 0.1) is 0 Å². The summed E-state index contributed by atoms with van der Waals surface area (Å²) in [5.74, 6) is 1.29. The van der Waals surface area contributed by atoms with E-state index >= 15 is 0 Å². The van der Waals surface area contributed by atoms with Crippen molar-refractivity contribution in [3.8, 4) is 5.88 Å². The van der Waals surface area contributed by atoms with Crippen molar-refractivity contribution in [2.75, 3.05) is 26.8 Å². The van der Waals surface area contributed by atoms with E-state index in [9.17, 15) is 5.11 Å². The molecule has 0 amide bonds. The highest BCUT2D eigenvalue weighted by Gasteiger charge is 2.10. The molecular formula is C19H27IN4O2. The highest BCUT2D eigenvalue weighted by molar-refractivity contribution is 14.0. The Hall–Kier alpha value is -1.87. The number of aliphatic hydroxyl groups is 1. The van der Waals surface area contributed by atoms with Crippen LogP contribution in [0.2, 0.25) is 0 Å². The van der Waals surface area contributed by atoms with E-state index < -0.39 is 0 Å². The number of nitrogens with one attached hydrogen (secondary N) is 2. The molecule has 0 saturated carbocycles. The number of nitrogens with zero attached hydrogens (tertiary/aromatic N) is 2. The summed E-state index contributed by atoms with van der Waals surface area (Å²) >= 11 is 0. The van der Waals surface area contributed by atoms with Crippen molar-refractivity contribution in [3.05, 3.63) is 59.8 Å². The van der Waals surface area contributed by atoms with Crippen LogP contribution in [0.5, 0.6) is 5.88 Å². The lowest BCUT2D eigenvalue weighted by molar-refractivity contribution is 0.265. The summed E-state index contributed by atoms with van der Waals surface area (Å²) in [7, 11) is 1.60. The molecule has 0 spiro atoms. The minimum atomic E-state index is 0. The standard InChI is InChI=1S/C19H26N4O2.HI/c1-3-20-19(22-13-17-10-7-11-18(23-17)25-2)21-12-16(14-24)15-8-5-4-6-9-15;/h4-11,16,24H,3,12-14H2,1-2H3,(H2,20,21,22);1H. The Morgan fingerprint density at radius 1 is 1.15 bits per heavy atom. The van der Waals surface area contributed by atoms with Gasteiger partial charge in [-0.15, -0.1) is 24.0 Å². The lowest BCUT2D eigenvalue weighted by Gasteiger charge is -2.18. The molecule has 0 radical (unpaired) electrons. The number of guanidine groups is 1. The Bertz CT molecular complexity index is 668. The summed E-state index contributed by atoms with van der Waals surface area (Å²) in [5.41, 5.74) is 1.93. The monoisotopic (exact) mass is 470 g/mol. The fourth-order valence-corrected chi connectivity index (χ4v) is 2.39. The third-order valence-corrected chi connectivity index (χ3v) is 3.74. The van der Waals surface area contributed by atoms with Gasteiger partial charge in [-0.05, 0) is 18.6 Å². The third kappa shape index (κ3) is 7.17. The van der Waals surface area contributed by atoms with Crippen molar-refractivity contribution in [2.24, 2.45) is 4.99 Å². The van der Waals surface area contributed by atoms with Crippen LogP contribution in [0.4, 0.5) is 0 Å². The zero-order valence-corrected chi connectivity index (χ0v) is 17.5. The van der Waals surface area contributed by atoms with Crippen molar-refractivity contribution < 1.29 is 9.84 Å². The van der Waals surface area contributed by atoms with E-state index in [2.05, 4.69) is 20.6 Å². The van der Waals surface area contributed by atoms with Crippen LogP contribution in [0.3, 0.4) is 0 Å². The smallest absolute Gasteiger partial charge is 0.213 e. The number of methoxy groups -OCH3 is 1. The zero-order valence-electron chi connectivity index (χ0n) is 15.2. The van der Waals surface area contributed by atoms with E-state index in [-0.39, 0.29) is 36.5 Å². The lowest BCUT2D eigenvalue weighted by atomic mass is 10.0. The Balaban J connectivity index is 0.00000338. The Labute approximate surface area is 172 Å². The number of hydrogen-bond donors (Lipinski definition) is 3. The average molecular weight is 470 g/mol. The largest absolute Gasteiger partial charge is 0.481 e. The molecular weight excluding hydrogens is 443 g/mol. The summed E-state index contributed by atoms with van der Waals surface area (Å²) in [6, 6.07) is 15.6. The van der Waals surface area contributed by atoms with Gasteiger partial charge < -0.3 is 20.5 Å². The number of aliphatic hydroxyl groups excluding tert-OH is 1. The Kier molecular flexibility index (Phi) is 10.6. The van der Waals surface area contributed by atoms with Gasteiger partial charge >= 0.3 is 0 Å². The van der Waals surface area contributed by atoms with E-state index in [0.717, 1.165) is 17.8 Å². The van der Waals surface area contributed by atoms with Gasteiger partial charge in [-0.25, -0.2) is 9.98 Å². The maximum atomic E-state index is 9.66. The molecule has 0 aliphatic heterocycles. The first-order valence-corrected chi connectivity index (χ1v) is 8.44. The van der Waals surface area contributed by atoms with Crippen LogP contribution in [-0.2, 0) is 6.54 Å². The molecule has 1 aromatic heterocycles. The molecule has 1 unspecified atom stereocenters. The van der Waals surface area contributed by atoms with Gasteiger partial charge in [0, 0.05) is 25.1 Å². The fourth-order valence-electron chi connectivity index (χ4n) is 2.39. The Morgan fingerprint density at radius 3 is 2.58 bits per heavy atom. The second-order valence-electron chi connectivity index (χ2n) is 5.54. The van der Waals surface area contributed by atoms with Crippen LogP contribution >= 0.6 is 24.0 Å². The summed E-state index contributed by atoms with van der Waals surface area (Å²) in [5, 5.41) is 16.2. The molecule has 2 aromatic rings. The second-order valence-corrected chi connectivity index (χ2v) is 5.54. The molecule has 3 N–H and O–H groups in total. The van der Waals surface area contributed by atoms with Crippen molar-refractivity contribution in [1.82, 2.24) is 15.6 Å². The molecule has 6 nitrogen and oxygen atoms in total. The normalized spacial score (nSPS) is 12.0. The molecule has 0 saturated heterocycles. The number of aromatic nitrogens is 1. The number of ether oxygens (including phenoxy) is 1. The molecule has 2 rings (SSSR count). The number of pyridine rings is 1. The van der Waals surface area contributed by atoms with Crippen LogP contribution < -0.4 is 15.4 Å². The number of rotatable bonds is 8. The first-order valence-electron chi connectivity index (χ1n) is 8.44. The lowest BCUT2D eigenvalue weighted by Crippen LogP contribution is -2.40. The van der Waals surface area contributed by atoms with Gasteiger partial charge in [0.15, 0.2) is 5.96 Å². The minimum Gasteiger partial charge on any atom is -0.481 e. The van der Waals surface area contributed by atoms with Gasteiger partial charge in [0.05, 0.1) is 26.0 Å². The number of aliphatic imine (C=N–C) groups is 1. The maximum Gasteiger partial charge on any atom is 0.213 e. The number of halogens is 1. The van der Waals surface area contributed by atoms with Crippen molar-refractivity contribution in [3.63, 3.8) is 0 Å². The van der Waals surface area contributed by atoms with Crippen molar-refractivity contribution >= 4 is 29.9 Å². The summed E-state index contributed by atoms with van der Waals surface area (Å²) in [4.78, 5) is 8.91. The molecule has 142 valence electrons. The van der Waals surface area contributed by atoms with Gasteiger partial charge in [0.25, 0.3) is 0 Å². The van der Waals surface area contributed by atoms with Crippen molar-refractivity contribution in [2.45, 2.75) is 19.4 Å². The molecule has 0 aliphatic carbocycles. The van der Waals surface area contributed by atoms with E-state index in [4.69, 9.17) is 4.74 Å². The van der Waals surface area contributed by atoms with E-state index in [1.54, 1.807) is 7.11 Å². The quantitative estimate of drug-likeness (QED) is 0.314. The van der Waals surface area contributed by atoms with Gasteiger partial charge in [0.2, 0.25) is 5.88 Å². The maximum absolute atomic E-state index is 9.66. The van der Waals surface area contributed by atoms with Gasteiger partial charge in [-0.1, -0.05) is 36.4 Å². The minimum absolute atomic E-state index is 0. The van der Waals surface area contributed by atoms with Gasteiger partial charge in [0.1, 0.15) is 0 Å². The summed E-state index contributed by atoms with van der Waals surface area (Å²) in [6.07, 6.45) is 0. The predicted molar refractivity (Wildman–Crippen MR) is 115 cm³/mol. The summed E-state index contributed by atoms with van der Waals surface area (Å²) < 4.78 is 5.13. The molecule has 26 heavy (non-hydrogen) atoms. The Morgan fingerprint density at radius 2 is 1.92 bits per heavy atom. The van der Waals surface area contributed by atoms with Crippen LogP contribution in [0.1, 0.15) is 24.1 Å². The molecule has 1 heterocycles. The topological polar surface area (TPSA) is 78.8 Å². The van der Waals surface area contributed by atoms with Crippen LogP contribution in [0.25, 0.3) is 0 Å². The number of benzene rings is 1.